The van der Waals surface area contributed by atoms with Crippen LogP contribution in [-0.4, -0.2) is 31.4 Å². The predicted octanol–water partition coefficient (Wildman–Crippen LogP) is 1.24. The summed E-state index contributed by atoms with van der Waals surface area (Å²) in [7, 11) is 1.46. The fourth-order valence-electron chi connectivity index (χ4n) is 2.19. The zero-order valence-corrected chi connectivity index (χ0v) is 13.0. The molecule has 24 heavy (non-hydrogen) atoms. The Bertz CT molecular complexity index is 792. The number of nitrogens with two attached hydrogens (primary N) is 1. The Kier molecular flexibility index (Phi) is 4.36. The number of alkyl halides is 3. The maximum absolute atomic E-state index is 12.7. The average molecular weight is 344 g/mol. The smallest absolute Gasteiger partial charge is 0.364 e. The fraction of sp³-hybridized carbons (Fsp3) is 0.385. The van der Waals surface area contributed by atoms with Crippen LogP contribution in [0.3, 0.4) is 0 Å². The van der Waals surface area contributed by atoms with E-state index in [1.807, 2.05) is 0 Å². The van der Waals surface area contributed by atoms with Crippen LogP contribution in [0.15, 0.2) is 12.3 Å². The van der Waals surface area contributed by atoms with E-state index in [9.17, 15) is 22.8 Å². The number of hydrogen-bond donors (Lipinski definition) is 2. The summed E-state index contributed by atoms with van der Waals surface area (Å²) in [6, 6.07) is -0.190. The number of rotatable bonds is 4. The van der Waals surface area contributed by atoms with Crippen LogP contribution in [0.1, 0.15) is 34.8 Å². The first-order valence-electron chi connectivity index (χ1n) is 6.78. The van der Waals surface area contributed by atoms with Crippen molar-refractivity contribution in [2.75, 3.05) is 5.32 Å². The molecule has 1 atom stereocenters. The van der Waals surface area contributed by atoms with Gasteiger partial charge in [0.25, 0.3) is 5.91 Å². The molecule has 2 rings (SSSR count). The Morgan fingerprint density at radius 1 is 1.38 bits per heavy atom. The molecule has 130 valence electrons. The van der Waals surface area contributed by atoms with Crippen LogP contribution in [0.25, 0.3) is 0 Å². The van der Waals surface area contributed by atoms with E-state index in [1.165, 1.54) is 31.8 Å². The van der Waals surface area contributed by atoms with E-state index in [0.717, 1.165) is 10.7 Å². The lowest BCUT2D eigenvalue weighted by Crippen LogP contribution is -2.27. The van der Waals surface area contributed by atoms with Gasteiger partial charge in [0.2, 0.25) is 5.91 Å². The summed E-state index contributed by atoms with van der Waals surface area (Å²) in [6.45, 7) is 2.79. The van der Waals surface area contributed by atoms with Gasteiger partial charge in [-0.3, -0.25) is 19.0 Å². The highest BCUT2D eigenvalue weighted by molar-refractivity contribution is 6.02. The molecule has 8 nitrogen and oxygen atoms in total. The van der Waals surface area contributed by atoms with Gasteiger partial charge in [-0.1, -0.05) is 0 Å². The second kappa shape index (κ2) is 5.98. The van der Waals surface area contributed by atoms with Gasteiger partial charge in [-0.2, -0.15) is 23.4 Å². The largest absolute Gasteiger partial charge is 0.435 e. The van der Waals surface area contributed by atoms with Crippen LogP contribution in [0.5, 0.6) is 0 Å². The number of aryl methyl sites for hydroxylation is 2. The fourth-order valence-corrected chi connectivity index (χ4v) is 2.19. The molecule has 11 heteroatoms. The molecule has 0 aliphatic carbocycles. The lowest BCUT2D eigenvalue weighted by Gasteiger charge is -2.14. The summed E-state index contributed by atoms with van der Waals surface area (Å²) in [6.07, 6.45) is -3.38. The molecular weight excluding hydrogens is 329 g/mol. The molecule has 0 bridgehead atoms. The van der Waals surface area contributed by atoms with Gasteiger partial charge < -0.3 is 11.1 Å². The minimum atomic E-state index is -4.60. The molecule has 0 spiro atoms. The third-order valence-electron chi connectivity index (χ3n) is 3.39. The van der Waals surface area contributed by atoms with E-state index in [0.29, 0.717) is 0 Å². The first kappa shape index (κ1) is 17.5. The van der Waals surface area contributed by atoms with Crippen molar-refractivity contribution in [3.8, 4) is 0 Å². The van der Waals surface area contributed by atoms with E-state index in [1.54, 1.807) is 0 Å². The summed E-state index contributed by atoms with van der Waals surface area (Å²) in [5, 5.41) is 9.65. The summed E-state index contributed by atoms with van der Waals surface area (Å²) in [4.78, 5) is 23.6. The minimum Gasteiger partial charge on any atom is -0.364 e. The van der Waals surface area contributed by atoms with Crippen molar-refractivity contribution in [3.05, 3.63) is 29.3 Å². The highest BCUT2D eigenvalue weighted by atomic mass is 19.4. The second-order valence-electron chi connectivity index (χ2n) is 5.17. The number of carbonyl (C=O) groups excluding carboxylic acids is 2. The summed E-state index contributed by atoms with van der Waals surface area (Å²) in [5.41, 5.74) is 4.34. The Hall–Kier alpha value is -2.85. The lowest BCUT2D eigenvalue weighted by molar-refractivity contribution is -0.141. The van der Waals surface area contributed by atoms with Crippen LogP contribution >= 0.6 is 0 Å². The van der Waals surface area contributed by atoms with Crippen LogP contribution in [0.2, 0.25) is 0 Å². The number of aromatic nitrogens is 4. The monoisotopic (exact) mass is 344 g/mol. The molecule has 0 saturated carbocycles. The Morgan fingerprint density at radius 2 is 2.00 bits per heavy atom. The first-order chi connectivity index (χ1) is 11.0. The molecule has 0 radical (unpaired) electrons. The molecule has 0 unspecified atom stereocenters. The van der Waals surface area contributed by atoms with Gasteiger partial charge >= 0.3 is 6.18 Å². The second-order valence-corrected chi connectivity index (χ2v) is 5.17. The zero-order valence-electron chi connectivity index (χ0n) is 13.0. The number of primary amides is 1. The number of nitrogens with zero attached hydrogens (tertiary/aromatic N) is 4. The number of anilines is 1. The molecule has 2 aromatic heterocycles. The molecular formula is C13H15F3N6O2. The van der Waals surface area contributed by atoms with Crippen molar-refractivity contribution >= 4 is 17.5 Å². The number of amides is 2. The maximum Gasteiger partial charge on any atom is 0.435 e. The molecule has 2 aromatic rings. The van der Waals surface area contributed by atoms with Crippen LogP contribution < -0.4 is 11.1 Å². The standard InChI is InChI=1S/C13H15F3N6O2/c1-6-4-9(13(14,15)16)20-22(6)7(2)12(24)19-8-5-18-21(3)10(8)11(17)23/h4-5,7H,1-3H3,(H2,17,23)(H,19,24)/t7-/m1/s1. The summed E-state index contributed by atoms with van der Waals surface area (Å²) in [5.74, 6) is -1.46. The molecule has 0 aliphatic rings. The molecule has 2 heterocycles. The van der Waals surface area contributed by atoms with Gasteiger partial charge in [0.15, 0.2) is 5.69 Å². The Labute approximate surface area is 134 Å². The van der Waals surface area contributed by atoms with Crippen molar-refractivity contribution in [1.82, 2.24) is 19.6 Å². The molecule has 3 N–H and O–H groups in total. The molecule has 0 saturated heterocycles. The molecule has 0 aliphatic heterocycles. The first-order valence-corrected chi connectivity index (χ1v) is 6.78. The average Bonchev–Trinajstić information content (AvgIpc) is 3.01. The van der Waals surface area contributed by atoms with Crippen LogP contribution in [-0.2, 0) is 18.0 Å². The molecule has 0 fully saturated rings. The predicted molar refractivity (Wildman–Crippen MR) is 77.0 cm³/mol. The third kappa shape index (κ3) is 3.24. The van der Waals surface area contributed by atoms with Gasteiger partial charge in [-0.05, 0) is 19.9 Å². The molecule has 2 amide bonds. The highest BCUT2D eigenvalue weighted by Crippen LogP contribution is 2.29. The van der Waals surface area contributed by atoms with Crippen LogP contribution in [0, 0.1) is 6.92 Å². The van der Waals surface area contributed by atoms with E-state index in [2.05, 4.69) is 15.5 Å². The highest BCUT2D eigenvalue weighted by Gasteiger charge is 2.35. The topological polar surface area (TPSA) is 108 Å². The zero-order chi connectivity index (χ0) is 18.2. The van der Waals surface area contributed by atoms with Crippen LogP contribution in [0.4, 0.5) is 18.9 Å². The Balaban J connectivity index is 2.25. The Morgan fingerprint density at radius 3 is 2.50 bits per heavy atom. The van der Waals surface area contributed by atoms with Crippen molar-refractivity contribution in [2.45, 2.75) is 26.1 Å². The number of nitrogens with one attached hydrogen (secondary N) is 1. The van der Waals surface area contributed by atoms with E-state index in [-0.39, 0.29) is 17.1 Å². The van der Waals surface area contributed by atoms with E-state index < -0.39 is 29.7 Å². The van der Waals surface area contributed by atoms with Gasteiger partial charge in [-0.15, -0.1) is 0 Å². The third-order valence-corrected chi connectivity index (χ3v) is 3.39. The van der Waals surface area contributed by atoms with E-state index >= 15 is 0 Å². The lowest BCUT2D eigenvalue weighted by atomic mass is 10.2. The van der Waals surface area contributed by atoms with Gasteiger partial charge in [-0.25, -0.2) is 0 Å². The van der Waals surface area contributed by atoms with Gasteiger partial charge in [0.1, 0.15) is 11.7 Å². The van der Waals surface area contributed by atoms with Gasteiger partial charge in [0, 0.05) is 12.7 Å². The summed E-state index contributed by atoms with van der Waals surface area (Å²) < 4.78 is 40.2. The van der Waals surface area contributed by atoms with Crippen molar-refractivity contribution < 1.29 is 22.8 Å². The quantitative estimate of drug-likeness (QED) is 0.870. The minimum absolute atomic E-state index is 0.0243. The summed E-state index contributed by atoms with van der Waals surface area (Å²) >= 11 is 0. The van der Waals surface area contributed by atoms with Crippen molar-refractivity contribution in [3.63, 3.8) is 0 Å². The number of carbonyl (C=O) groups is 2. The maximum atomic E-state index is 12.7. The molecule has 0 aromatic carbocycles. The van der Waals surface area contributed by atoms with Gasteiger partial charge in [0.05, 0.1) is 11.9 Å². The normalized spacial score (nSPS) is 12.9. The van der Waals surface area contributed by atoms with Crippen molar-refractivity contribution in [2.24, 2.45) is 12.8 Å². The van der Waals surface area contributed by atoms with Crippen molar-refractivity contribution in [1.29, 1.82) is 0 Å². The number of hydrogen-bond acceptors (Lipinski definition) is 4. The number of halogens is 3. The van der Waals surface area contributed by atoms with E-state index in [4.69, 9.17) is 5.73 Å². The SMILES string of the molecule is Cc1cc(C(F)(F)F)nn1[C@H](C)C(=O)Nc1cnn(C)c1C(N)=O.